The molecule has 1 amide bonds. The van der Waals surface area contributed by atoms with E-state index in [1.807, 2.05) is 12.3 Å². The van der Waals surface area contributed by atoms with Crippen LogP contribution in [-0.4, -0.2) is 27.6 Å². The Morgan fingerprint density at radius 1 is 1.36 bits per heavy atom. The molecule has 3 heterocycles. The van der Waals surface area contributed by atoms with Gasteiger partial charge in [-0.15, -0.1) is 11.8 Å². The van der Waals surface area contributed by atoms with E-state index in [0.29, 0.717) is 5.91 Å². The number of carbonyl (C=O) groups is 1. The third-order valence-corrected chi connectivity index (χ3v) is 5.98. The number of hydrogen-bond acceptors (Lipinski definition) is 2. The van der Waals surface area contributed by atoms with E-state index < -0.39 is 0 Å². The predicted molar refractivity (Wildman–Crippen MR) is 89.0 cm³/mol. The largest absolute Gasteiger partial charge is 0.363 e. The standard InChI is InChI=1S/C18H20N2OS/c1-12-6-7-13-11-17(22-16(13)10-12)18(21)20-9-3-5-15(20)14-4-2-8-19-14/h2,4,6-8,10,15,17,19H,3,5,9,11H2,1H3. The summed E-state index contributed by atoms with van der Waals surface area (Å²) in [6, 6.07) is 10.9. The van der Waals surface area contributed by atoms with Crippen LogP contribution in [0.2, 0.25) is 0 Å². The van der Waals surface area contributed by atoms with Gasteiger partial charge in [0.1, 0.15) is 0 Å². The summed E-state index contributed by atoms with van der Waals surface area (Å²) in [6.45, 7) is 2.99. The van der Waals surface area contributed by atoms with Crippen molar-refractivity contribution in [1.82, 2.24) is 9.88 Å². The lowest BCUT2D eigenvalue weighted by Crippen LogP contribution is -2.37. The predicted octanol–water partition coefficient (Wildman–Crippen LogP) is 3.70. The van der Waals surface area contributed by atoms with Gasteiger partial charge < -0.3 is 9.88 Å². The molecule has 22 heavy (non-hydrogen) atoms. The minimum absolute atomic E-state index is 0.0485. The van der Waals surface area contributed by atoms with Gasteiger partial charge in [0.25, 0.3) is 0 Å². The zero-order valence-electron chi connectivity index (χ0n) is 12.7. The number of nitrogens with one attached hydrogen (secondary N) is 1. The van der Waals surface area contributed by atoms with Crippen LogP contribution < -0.4 is 0 Å². The zero-order valence-corrected chi connectivity index (χ0v) is 13.5. The van der Waals surface area contributed by atoms with Gasteiger partial charge in [0, 0.05) is 23.3 Å². The van der Waals surface area contributed by atoms with E-state index in [1.165, 1.54) is 21.7 Å². The molecule has 1 aromatic heterocycles. The number of thioether (sulfide) groups is 1. The molecule has 0 bridgehead atoms. The molecule has 0 radical (unpaired) electrons. The number of benzene rings is 1. The number of likely N-dealkylation sites (tertiary alicyclic amines) is 1. The normalized spacial score (nSPS) is 23.8. The van der Waals surface area contributed by atoms with Gasteiger partial charge >= 0.3 is 0 Å². The number of carbonyl (C=O) groups excluding carboxylic acids is 1. The summed E-state index contributed by atoms with van der Waals surface area (Å²) in [5, 5.41) is 0.0485. The van der Waals surface area contributed by atoms with Crippen LogP contribution in [0.3, 0.4) is 0 Å². The van der Waals surface area contributed by atoms with Crippen molar-refractivity contribution in [2.45, 2.75) is 42.4 Å². The van der Waals surface area contributed by atoms with Gasteiger partial charge in [0.05, 0.1) is 11.3 Å². The van der Waals surface area contributed by atoms with E-state index in [0.717, 1.165) is 25.8 Å². The Labute approximate surface area is 135 Å². The molecule has 4 rings (SSSR count). The summed E-state index contributed by atoms with van der Waals surface area (Å²) < 4.78 is 0. The molecule has 0 spiro atoms. The molecule has 2 aliphatic rings. The van der Waals surface area contributed by atoms with E-state index in [2.05, 4.69) is 41.1 Å². The Morgan fingerprint density at radius 3 is 3.09 bits per heavy atom. The van der Waals surface area contributed by atoms with Crippen molar-refractivity contribution in [1.29, 1.82) is 0 Å². The molecule has 2 atom stereocenters. The number of aromatic amines is 1. The van der Waals surface area contributed by atoms with Crippen molar-refractivity contribution < 1.29 is 4.79 Å². The third kappa shape index (κ3) is 2.35. The van der Waals surface area contributed by atoms with E-state index in [1.54, 1.807) is 11.8 Å². The molecule has 4 heteroatoms. The SMILES string of the molecule is Cc1ccc2c(c1)SC(C(=O)N1CCCC1c1ccc[nH]1)C2. The fourth-order valence-corrected chi connectivity index (χ4v) is 4.93. The molecular weight excluding hydrogens is 292 g/mol. The van der Waals surface area contributed by atoms with Crippen LogP contribution in [0.25, 0.3) is 0 Å². The number of fused-ring (bicyclic) bond motifs is 1. The third-order valence-electron chi connectivity index (χ3n) is 4.69. The lowest BCUT2D eigenvalue weighted by atomic mass is 10.1. The van der Waals surface area contributed by atoms with Gasteiger partial charge in [-0.25, -0.2) is 0 Å². The van der Waals surface area contributed by atoms with Crippen LogP contribution in [0.15, 0.2) is 41.4 Å². The van der Waals surface area contributed by atoms with E-state index in [9.17, 15) is 4.79 Å². The number of H-pyrrole nitrogens is 1. The first-order valence-corrected chi connectivity index (χ1v) is 8.80. The smallest absolute Gasteiger partial charge is 0.236 e. The number of aryl methyl sites for hydroxylation is 1. The number of nitrogens with zero attached hydrogens (tertiary/aromatic N) is 1. The van der Waals surface area contributed by atoms with E-state index >= 15 is 0 Å². The van der Waals surface area contributed by atoms with Crippen molar-refractivity contribution >= 4 is 17.7 Å². The second-order valence-electron chi connectivity index (χ2n) is 6.24. The Balaban J connectivity index is 1.53. The Morgan fingerprint density at radius 2 is 2.27 bits per heavy atom. The van der Waals surface area contributed by atoms with E-state index in [-0.39, 0.29) is 11.3 Å². The molecule has 3 nitrogen and oxygen atoms in total. The van der Waals surface area contributed by atoms with Gasteiger partial charge in [-0.3, -0.25) is 4.79 Å². The maximum absolute atomic E-state index is 13.0. The molecular formula is C18H20N2OS. The molecule has 1 saturated heterocycles. The minimum atomic E-state index is 0.0485. The number of rotatable bonds is 2. The molecule has 114 valence electrons. The summed E-state index contributed by atoms with van der Waals surface area (Å²) in [7, 11) is 0. The van der Waals surface area contributed by atoms with Crippen LogP contribution in [-0.2, 0) is 11.2 Å². The highest BCUT2D eigenvalue weighted by Crippen LogP contribution is 2.41. The highest BCUT2D eigenvalue weighted by molar-refractivity contribution is 8.01. The lowest BCUT2D eigenvalue weighted by molar-refractivity contribution is -0.131. The molecule has 1 fully saturated rings. The van der Waals surface area contributed by atoms with Crippen LogP contribution in [0.5, 0.6) is 0 Å². The van der Waals surface area contributed by atoms with Crippen LogP contribution in [0.1, 0.15) is 35.7 Å². The summed E-state index contributed by atoms with van der Waals surface area (Å²) in [4.78, 5) is 19.6. The van der Waals surface area contributed by atoms with E-state index in [4.69, 9.17) is 0 Å². The first-order valence-electron chi connectivity index (χ1n) is 7.92. The molecule has 1 N–H and O–H groups in total. The van der Waals surface area contributed by atoms with Crippen molar-refractivity contribution in [3.63, 3.8) is 0 Å². The summed E-state index contributed by atoms with van der Waals surface area (Å²) in [6.07, 6.45) is 4.97. The Hall–Kier alpha value is -1.68. The molecule has 2 aliphatic heterocycles. The van der Waals surface area contributed by atoms with Crippen molar-refractivity contribution in [3.05, 3.63) is 53.3 Å². The molecule has 0 saturated carbocycles. The fraction of sp³-hybridized carbons (Fsp3) is 0.389. The zero-order chi connectivity index (χ0) is 15.1. The van der Waals surface area contributed by atoms with Crippen molar-refractivity contribution in [3.8, 4) is 0 Å². The second-order valence-corrected chi connectivity index (χ2v) is 7.48. The van der Waals surface area contributed by atoms with Crippen molar-refractivity contribution in [2.75, 3.05) is 6.54 Å². The van der Waals surface area contributed by atoms with Crippen molar-refractivity contribution in [2.24, 2.45) is 0 Å². The van der Waals surface area contributed by atoms with Gasteiger partial charge in [-0.2, -0.15) is 0 Å². The summed E-state index contributed by atoms with van der Waals surface area (Å²) >= 11 is 1.74. The van der Waals surface area contributed by atoms with Gasteiger partial charge in [0.2, 0.25) is 5.91 Å². The first-order chi connectivity index (χ1) is 10.7. The average molecular weight is 312 g/mol. The maximum atomic E-state index is 13.0. The van der Waals surface area contributed by atoms with Crippen LogP contribution in [0, 0.1) is 6.92 Å². The fourth-order valence-electron chi connectivity index (χ4n) is 3.56. The lowest BCUT2D eigenvalue weighted by Gasteiger charge is -2.26. The number of hydrogen-bond donors (Lipinski definition) is 1. The van der Waals surface area contributed by atoms with Crippen LogP contribution >= 0.6 is 11.8 Å². The van der Waals surface area contributed by atoms with Gasteiger partial charge in [0.15, 0.2) is 0 Å². The summed E-state index contributed by atoms with van der Waals surface area (Å²) in [5.74, 6) is 0.302. The monoisotopic (exact) mass is 312 g/mol. The topological polar surface area (TPSA) is 36.1 Å². The molecule has 0 aliphatic carbocycles. The van der Waals surface area contributed by atoms with Gasteiger partial charge in [-0.05, 0) is 49.9 Å². The summed E-state index contributed by atoms with van der Waals surface area (Å²) in [5.41, 5.74) is 3.76. The van der Waals surface area contributed by atoms with Gasteiger partial charge in [-0.1, -0.05) is 17.7 Å². The molecule has 2 aromatic rings. The Bertz CT molecular complexity index is 695. The minimum Gasteiger partial charge on any atom is -0.363 e. The maximum Gasteiger partial charge on any atom is 0.236 e. The first kappa shape index (κ1) is 13.9. The quantitative estimate of drug-likeness (QED) is 0.918. The number of amides is 1. The highest BCUT2D eigenvalue weighted by atomic mass is 32.2. The molecule has 2 unspecified atom stereocenters. The Kier molecular flexibility index (Phi) is 3.49. The average Bonchev–Trinajstić information content (AvgIpc) is 3.24. The molecule has 1 aromatic carbocycles. The second kappa shape index (κ2) is 5.51. The highest BCUT2D eigenvalue weighted by Gasteiger charge is 2.37. The number of aromatic nitrogens is 1. The van der Waals surface area contributed by atoms with Crippen LogP contribution in [0.4, 0.5) is 0 Å².